The topological polar surface area (TPSA) is 79.8 Å². The van der Waals surface area contributed by atoms with Gasteiger partial charge in [0.25, 0.3) is 0 Å². The van der Waals surface area contributed by atoms with E-state index in [0.29, 0.717) is 16.4 Å². The number of hydrogen-bond acceptors (Lipinski definition) is 3. The summed E-state index contributed by atoms with van der Waals surface area (Å²) >= 11 is 0. The van der Waals surface area contributed by atoms with Crippen molar-refractivity contribution in [3.63, 3.8) is 0 Å². The van der Waals surface area contributed by atoms with Crippen molar-refractivity contribution in [2.45, 2.75) is 0 Å². The van der Waals surface area contributed by atoms with E-state index in [2.05, 4.69) is 15.3 Å². The fourth-order valence-corrected chi connectivity index (χ4v) is 1.78. The molecule has 0 saturated heterocycles. The Bertz CT molecular complexity index is 752. The predicted octanol–water partition coefficient (Wildman–Crippen LogP) is 1.39. The van der Waals surface area contributed by atoms with E-state index in [9.17, 15) is 4.79 Å². The summed E-state index contributed by atoms with van der Waals surface area (Å²) < 4.78 is 0. The van der Waals surface area contributed by atoms with Gasteiger partial charge in [-0.2, -0.15) is 9.98 Å². The van der Waals surface area contributed by atoms with E-state index in [4.69, 9.17) is 5.73 Å². The molecule has 0 atom stereocenters. The van der Waals surface area contributed by atoms with Gasteiger partial charge in [-0.3, -0.25) is 0 Å². The molecule has 1 heterocycles. The lowest BCUT2D eigenvalue weighted by atomic mass is 10.2. The van der Waals surface area contributed by atoms with E-state index in [1.54, 1.807) is 12.1 Å². The monoisotopic (exact) mass is 238 g/mol. The number of nitrogen functional groups attached to an aromatic ring is 1. The maximum absolute atomic E-state index is 11.0. The van der Waals surface area contributed by atoms with E-state index in [1.165, 1.54) is 0 Å². The third kappa shape index (κ3) is 1.82. The molecule has 5 nitrogen and oxygen atoms in total. The van der Waals surface area contributed by atoms with Gasteiger partial charge in [0.15, 0.2) is 0 Å². The van der Waals surface area contributed by atoms with Crippen LogP contribution in [0.2, 0.25) is 0 Å². The summed E-state index contributed by atoms with van der Waals surface area (Å²) in [6, 6.07) is 12.4. The van der Waals surface area contributed by atoms with Crippen LogP contribution < -0.4 is 21.8 Å². The predicted molar refractivity (Wildman–Crippen MR) is 68.3 cm³/mol. The smallest absolute Gasteiger partial charge is 0.368 e. The van der Waals surface area contributed by atoms with Crippen LogP contribution in [0.5, 0.6) is 0 Å². The molecule has 1 aliphatic rings. The molecule has 88 valence electrons. The molecule has 18 heavy (non-hydrogen) atoms. The third-order valence-electron chi connectivity index (χ3n) is 2.65. The second-order valence-corrected chi connectivity index (χ2v) is 3.92. The van der Waals surface area contributed by atoms with Crippen molar-refractivity contribution in [2.75, 3.05) is 11.1 Å². The first-order chi connectivity index (χ1) is 8.72. The Morgan fingerprint density at radius 1 is 1.00 bits per heavy atom. The molecule has 0 unspecified atom stereocenters. The summed E-state index contributed by atoms with van der Waals surface area (Å²) in [6.07, 6.45) is 0. The number of rotatable bonds is 2. The second-order valence-electron chi connectivity index (χ2n) is 3.92. The molecule has 0 aromatic heterocycles. The number of anilines is 3. The van der Waals surface area contributed by atoms with Crippen LogP contribution in [0.15, 0.2) is 52.4 Å². The van der Waals surface area contributed by atoms with Crippen LogP contribution in [0.1, 0.15) is 0 Å². The minimum atomic E-state index is -0.457. The molecule has 2 aromatic carbocycles. The normalized spacial score (nSPS) is 12.6. The number of nitrogens with zero attached hydrogens (tertiary/aromatic N) is 2. The molecular weight excluding hydrogens is 228 g/mol. The maximum Gasteiger partial charge on any atom is 0.368 e. The quantitative estimate of drug-likeness (QED) is 0.776. The number of nitrogens with one attached hydrogen (secondary N) is 1. The SMILES string of the molecule is Nc1ccccc1Nc1ccc2c(c1)=NC(=O)N=2. The highest BCUT2D eigenvalue weighted by Crippen LogP contribution is 2.21. The van der Waals surface area contributed by atoms with Gasteiger partial charge in [0, 0.05) is 5.69 Å². The van der Waals surface area contributed by atoms with E-state index in [1.807, 2.05) is 30.3 Å². The first kappa shape index (κ1) is 10.5. The molecule has 0 spiro atoms. The van der Waals surface area contributed by atoms with Crippen molar-refractivity contribution >= 4 is 23.1 Å². The molecular formula is C13H10N4O. The van der Waals surface area contributed by atoms with Gasteiger partial charge in [-0.25, -0.2) is 4.79 Å². The minimum absolute atomic E-state index is 0.457. The van der Waals surface area contributed by atoms with Gasteiger partial charge in [0.05, 0.1) is 22.1 Å². The zero-order valence-electron chi connectivity index (χ0n) is 9.42. The van der Waals surface area contributed by atoms with E-state index < -0.39 is 6.03 Å². The summed E-state index contributed by atoms with van der Waals surface area (Å²) in [4.78, 5) is 18.6. The Balaban J connectivity index is 1.99. The maximum atomic E-state index is 11.0. The van der Waals surface area contributed by atoms with Crippen LogP contribution in [0.4, 0.5) is 21.9 Å². The minimum Gasteiger partial charge on any atom is -0.397 e. The third-order valence-corrected chi connectivity index (χ3v) is 2.65. The Hall–Kier alpha value is -2.69. The lowest BCUT2D eigenvalue weighted by molar-refractivity contribution is 0.256. The second kappa shape index (κ2) is 3.96. The van der Waals surface area contributed by atoms with Gasteiger partial charge in [-0.1, -0.05) is 12.1 Å². The fourth-order valence-electron chi connectivity index (χ4n) is 1.78. The highest BCUT2D eigenvalue weighted by Gasteiger charge is 2.05. The van der Waals surface area contributed by atoms with Crippen molar-refractivity contribution in [3.05, 3.63) is 53.2 Å². The molecule has 0 fully saturated rings. The highest BCUT2D eigenvalue weighted by atomic mass is 16.2. The molecule has 1 aliphatic heterocycles. The lowest BCUT2D eigenvalue weighted by Crippen LogP contribution is -2.21. The van der Waals surface area contributed by atoms with Crippen molar-refractivity contribution in [1.29, 1.82) is 0 Å². The van der Waals surface area contributed by atoms with Crippen molar-refractivity contribution < 1.29 is 4.79 Å². The zero-order chi connectivity index (χ0) is 12.5. The van der Waals surface area contributed by atoms with Crippen molar-refractivity contribution in [3.8, 4) is 0 Å². The number of benzene rings is 2. The molecule has 0 radical (unpaired) electrons. The van der Waals surface area contributed by atoms with Crippen LogP contribution in [0.3, 0.4) is 0 Å². The molecule has 3 rings (SSSR count). The van der Waals surface area contributed by atoms with Gasteiger partial charge >= 0.3 is 6.03 Å². The summed E-state index contributed by atoms with van der Waals surface area (Å²) in [5, 5.41) is 4.36. The lowest BCUT2D eigenvalue weighted by Gasteiger charge is -2.08. The average molecular weight is 238 g/mol. The fraction of sp³-hybridized carbons (Fsp3) is 0. The molecule has 5 heteroatoms. The zero-order valence-corrected chi connectivity index (χ0v) is 9.42. The molecule has 3 N–H and O–H groups in total. The number of amides is 2. The molecule has 0 bridgehead atoms. The number of nitrogens with two attached hydrogens (primary N) is 1. The average Bonchev–Trinajstić information content (AvgIpc) is 2.71. The van der Waals surface area contributed by atoms with E-state index in [-0.39, 0.29) is 0 Å². The number of urea groups is 1. The van der Waals surface area contributed by atoms with Gasteiger partial charge in [-0.15, -0.1) is 0 Å². The van der Waals surface area contributed by atoms with Crippen LogP contribution in [-0.4, -0.2) is 6.03 Å². The number of carbonyl (C=O) groups is 1. The van der Waals surface area contributed by atoms with Crippen LogP contribution >= 0.6 is 0 Å². The van der Waals surface area contributed by atoms with Crippen molar-refractivity contribution in [1.82, 2.24) is 0 Å². The Morgan fingerprint density at radius 2 is 1.78 bits per heavy atom. The summed E-state index contributed by atoms with van der Waals surface area (Å²) in [6.45, 7) is 0. The molecule has 0 aliphatic carbocycles. The van der Waals surface area contributed by atoms with Gasteiger partial charge < -0.3 is 11.1 Å². The first-order valence-electron chi connectivity index (χ1n) is 5.45. The Morgan fingerprint density at radius 3 is 2.61 bits per heavy atom. The van der Waals surface area contributed by atoms with Crippen LogP contribution in [-0.2, 0) is 0 Å². The summed E-state index contributed by atoms with van der Waals surface area (Å²) in [7, 11) is 0. The number of fused-ring (bicyclic) bond motifs is 1. The van der Waals surface area contributed by atoms with E-state index >= 15 is 0 Å². The number of carbonyl (C=O) groups excluding carboxylic acids is 1. The Kier molecular flexibility index (Phi) is 2.30. The molecule has 2 amide bonds. The highest BCUT2D eigenvalue weighted by molar-refractivity contribution is 5.78. The molecule has 2 aromatic rings. The van der Waals surface area contributed by atoms with Crippen LogP contribution in [0, 0.1) is 0 Å². The summed E-state index contributed by atoms with van der Waals surface area (Å²) in [5.41, 5.74) is 8.15. The van der Waals surface area contributed by atoms with Gasteiger partial charge in [-0.05, 0) is 30.3 Å². The molecule has 0 saturated carbocycles. The number of hydrogen-bond donors (Lipinski definition) is 2. The van der Waals surface area contributed by atoms with Gasteiger partial charge in [0.2, 0.25) is 0 Å². The number of para-hydroxylation sites is 2. The van der Waals surface area contributed by atoms with E-state index in [0.717, 1.165) is 11.4 Å². The standard InChI is InChI=1S/C13H10N4O/c14-9-3-1-2-4-10(9)15-8-5-6-11-12(7-8)17-13(18)16-11/h1-7,15H,14H2. The van der Waals surface area contributed by atoms with Gasteiger partial charge in [0.1, 0.15) is 0 Å². The van der Waals surface area contributed by atoms with Crippen LogP contribution in [0.25, 0.3) is 0 Å². The van der Waals surface area contributed by atoms with Crippen molar-refractivity contribution in [2.24, 2.45) is 9.98 Å². The summed E-state index contributed by atoms with van der Waals surface area (Å²) in [5.74, 6) is 0. The largest absolute Gasteiger partial charge is 0.397 e. The Labute approximate surface area is 103 Å². The first-order valence-corrected chi connectivity index (χ1v) is 5.45.